The minimum absolute atomic E-state index is 0.450. The van der Waals surface area contributed by atoms with Crippen LogP contribution in [0.5, 0.6) is 5.75 Å². The number of hydrogen-bond acceptors (Lipinski definition) is 5. The third kappa shape index (κ3) is 3.88. The highest BCUT2D eigenvalue weighted by Crippen LogP contribution is 2.28. The summed E-state index contributed by atoms with van der Waals surface area (Å²) in [6.07, 6.45) is 0. The monoisotopic (exact) mass is 329 g/mol. The van der Waals surface area contributed by atoms with Crippen molar-refractivity contribution in [3.63, 3.8) is 0 Å². The highest BCUT2D eigenvalue weighted by atomic mass is 35.5. The van der Waals surface area contributed by atoms with Crippen molar-refractivity contribution in [3.8, 4) is 17.2 Å². The average molecular weight is 330 g/mol. The number of rotatable bonds is 6. The summed E-state index contributed by atoms with van der Waals surface area (Å²) in [6, 6.07) is 15.2. The van der Waals surface area contributed by atoms with Crippen molar-refractivity contribution in [1.29, 1.82) is 0 Å². The van der Waals surface area contributed by atoms with Crippen LogP contribution in [0.15, 0.2) is 52.9 Å². The van der Waals surface area contributed by atoms with Gasteiger partial charge in [0.05, 0.1) is 19.2 Å². The van der Waals surface area contributed by atoms with E-state index in [-0.39, 0.29) is 0 Å². The minimum atomic E-state index is 0.450. The van der Waals surface area contributed by atoms with Gasteiger partial charge in [-0.15, -0.1) is 10.2 Å². The summed E-state index contributed by atoms with van der Waals surface area (Å²) in [5.74, 6) is 1.68. The Kier molecular flexibility index (Phi) is 4.90. The lowest BCUT2D eigenvalue weighted by Gasteiger charge is -2.04. The summed E-state index contributed by atoms with van der Waals surface area (Å²) >= 11 is 5.86. The van der Waals surface area contributed by atoms with Crippen molar-refractivity contribution >= 4 is 11.6 Å². The normalized spacial score (nSPS) is 10.7. The topological polar surface area (TPSA) is 60.2 Å². The first kappa shape index (κ1) is 15.5. The fourth-order valence-electron chi connectivity index (χ4n) is 2.17. The van der Waals surface area contributed by atoms with Crippen LogP contribution in [-0.2, 0) is 13.1 Å². The third-order valence-corrected chi connectivity index (χ3v) is 3.57. The lowest BCUT2D eigenvalue weighted by molar-refractivity contribution is 0.413. The molecule has 0 aliphatic rings. The van der Waals surface area contributed by atoms with E-state index in [1.807, 2.05) is 48.5 Å². The molecule has 0 saturated carbocycles. The molecule has 0 amide bonds. The SMILES string of the molecule is COc1ccccc1-c1nnc(CNCc2ccc(Cl)cc2)o1. The van der Waals surface area contributed by atoms with Crippen molar-refractivity contribution in [2.24, 2.45) is 0 Å². The molecule has 6 heteroatoms. The van der Waals surface area contributed by atoms with Crippen LogP contribution in [0.1, 0.15) is 11.5 Å². The Morgan fingerprint density at radius 1 is 1.04 bits per heavy atom. The number of para-hydroxylation sites is 1. The maximum absolute atomic E-state index is 5.86. The molecular weight excluding hydrogens is 314 g/mol. The fourth-order valence-corrected chi connectivity index (χ4v) is 2.30. The molecule has 0 saturated heterocycles. The second kappa shape index (κ2) is 7.26. The van der Waals surface area contributed by atoms with Crippen molar-refractivity contribution in [1.82, 2.24) is 15.5 Å². The van der Waals surface area contributed by atoms with E-state index in [1.165, 1.54) is 0 Å². The Morgan fingerprint density at radius 2 is 1.83 bits per heavy atom. The van der Waals surface area contributed by atoms with Gasteiger partial charge in [0.1, 0.15) is 5.75 Å². The number of ether oxygens (including phenoxy) is 1. The van der Waals surface area contributed by atoms with Gasteiger partial charge in [-0.05, 0) is 29.8 Å². The van der Waals surface area contributed by atoms with E-state index in [1.54, 1.807) is 7.11 Å². The fraction of sp³-hybridized carbons (Fsp3) is 0.176. The molecular formula is C17H16ClN3O2. The third-order valence-electron chi connectivity index (χ3n) is 3.32. The zero-order chi connectivity index (χ0) is 16.1. The molecule has 0 aliphatic carbocycles. The summed E-state index contributed by atoms with van der Waals surface area (Å²) in [5.41, 5.74) is 1.92. The number of benzene rings is 2. The van der Waals surface area contributed by atoms with Crippen molar-refractivity contribution in [2.45, 2.75) is 13.1 Å². The molecule has 0 spiro atoms. The smallest absolute Gasteiger partial charge is 0.251 e. The first-order chi connectivity index (χ1) is 11.3. The maximum Gasteiger partial charge on any atom is 0.251 e. The molecule has 0 fully saturated rings. The number of halogens is 1. The number of methoxy groups -OCH3 is 1. The molecule has 118 valence electrons. The van der Waals surface area contributed by atoms with Crippen molar-refractivity contribution in [3.05, 3.63) is 65.0 Å². The highest BCUT2D eigenvalue weighted by Gasteiger charge is 2.12. The van der Waals surface area contributed by atoms with Crippen molar-refractivity contribution < 1.29 is 9.15 Å². The molecule has 3 aromatic rings. The molecule has 2 aromatic carbocycles. The van der Waals surface area contributed by atoms with E-state index in [2.05, 4.69) is 15.5 Å². The molecule has 5 nitrogen and oxygen atoms in total. The molecule has 1 heterocycles. The van der Waals surface area contributed by atoms with Crippen LogP contribution in [0.25, 0.3) is 11.5 Å². The van der Waals surface area contributed by atoms with Crippen LogP contribution in [0.4, 0.5) is 0 Å². The predicted molar refractivity (Wildman–Crippen MR) is 88.3 cm³/mol. The van der Waals surface area contributed by atoms with E-state index < -0.39 is 0 Å². The summed E-state index contributed by atoms with van der Waals surface area (Å²) in [5, 5.41) is 12.1. The number of aromatic nitrogens is 2. The van der Waals surface area contributed by atoms with E-state index in [4.69, 9.17) is 20.8 Å². The van der Waals surface area contributed by atoms with Gasteiger partial charge in [0, 0.05) is 11.6 Å². The number of nitrogens with zero attached hydrogens (tertiary/aromatic N) is 2. The quantitative estimate of drug-likeness (QED) is 0.747. The first-order valence-corrected chi connectivity index (χ1v) is 7.55. The highest BCUT2D eigenvalue weighted by molar-refractivity contribution is 6.30. The van der Waals surface area contributed by atoms with E-state index >= 15 is 0 Å². The summed E-state index contributed by atoms with van der Waals surface area (Å²) < 4.78 is 11.0. The lowest BCUT2D eigenvalue weighted by Crippen LogP contribution is -2.12. The molecule has 0 unspecified atom stereocenters. The number of hydrogen-bond donors (Lipinski definition) is 1. The Morgan fingerprint density at radius 3 is 2.61 bits per heavy atom. The standard InChI is InChI=1S/C17H16ClN3O2/c1-22-15-5-3-2-4-14(15)17-21-20-16(23-17)11-19-10-12-6-8-13(18)9-7-12/h2-9,19H,10-11H2,1H3. The van der Waals surface area contributed by atoms with E-state index in [9.17, 15) is 0 Å². The van der Waals surface area contributed by atoms with Gasteiger partial charge in [-0.25, -0.2) is 0 Å². The van der Waals surface area contributed by atoms with E-state index in [0.29, 0.717) is 30.6 Å². The van der Waals surface area contributed by atoms with Gasteiger partial charge in [0.25, 0.3) is 5.89 Å². The zero-order valence-electron chi connectivity index (χ0n) is 12.6. The molecule has 23 heavy (non-hydrogen) atoms. The molecule has 1 aromatic heterocycles. The molecule has 0 bridgehead atoms. The second-order valence-corrected chi connectivity index (χ2v) is 5.37. The summed E-state index contributed by atoms with van der Waals surface area (Å²) in [4.78, 5) is 0. The Hall–Kier alpha value is -2.37. The molecule has 0 atom stereocenters. The molecule has 3 rings (SSSR count). The molecule has 1 N–H and O–H groups in total. The van der Waals surface area contributed by atoms with Crippen LogP contribution >= 0.6 is 11.6 Å². The second-order valence-electron chi connectivity index (χ2n) is 4.93. The Bertz CT molecular complexity index is 772. The van der Waals surface area contributed by atoms with Crippen LogP contribution in [0.3, 0.4) is 0 Å². The van der Waals surface area contributed by atoms with E-state index in [0.717, 1.165) is 16.1 Å². The van der Waals surface area contributed by atoms with Crippen molar-refractivity contribution in [2.75, 3.05) is 7.11 Å². The lowest BCUT2D eigenvalue weighted by atomic mass is 10.2. The van der Waals surface area contributed by atoms with Gasteiger partial charge in [0.2, 0.25) is 5.89 Å². The Labute approximate surface area is 139 Å². The molecule has 0 aliphatic heterocycles. The van der Waals surface area contributed by atoms with Crippen LogP contribution in [-0.4, -0.2) is 17.3 Å². The van der Waals surface area contributed by atoms with Gasteiger partial charge in [-0.3, -0.25) is 0 Å². The average Bonchev–Trinajstić information content (AvgIpc) is 3.05. The van der Waals surface area contributed by atoms with Crippen LogP contribution < -0.4 is 10.1 Å². The zero-order valence-corrected chi connectivity index (χ0v) is 13.4. The van der Waals surface area contributed by atoms with Crippen LogP contribution in [0, 0.1) is 0 Å². The predicted octanol–water partition coefficient (Wildman–Crippen LogP) is 3.69. The maximum atomic E-state index is 5.86. The minimum Gasteiger partial charge on any atom is -0.496 e. The van der Waals surface area contributed by atoms with Gasteiger partial charge in [-0.2, -0.15) is 0 Å². The van der Waals surface area contributed by atoms with Crippen LogP contribution in [0.2, 0.25) is 5.02 Å². The largest absolute Gasteiger partial charge is 0.496 e. The first-order valence-electron chi connectivity index (χ1n) is 7.17. The van der Waals surface area contributed by atoms with Gasteiger partial charge >= 0.3 is 0 Å². The number of nitrogens with one attached hydrogen (secondary N) is 1. The van der Waals surface area contributed by atoms with Gasteiger partial charge < -0.3 is 14.5 Å². The molecule has 0 radical (unpaired) electrons. The Balaban J connectivity index is 1.62. The van der Waals surface area contributed by atoms with Gasteiger partial charge in [0.15, 0.2) is 0 Å². The van der Waals surface area contributed by atoms with Gasteiger partial charge in [-0.1, -0.05) is 35.9 Å². The summed E-state index contributed by atoms with van der Waals surface area (Å²) in [7, 11) is 1.61. The summed E-state index contributed by atoms with van der Waals surface area (Å²) in [6.45, 7) is 1.19.